The van der Waals surface area contributed by atoms with Gasteiger partial charge in [-0.05, 0) is 18.9 Å². The number of aromatic amines is 1. The Hall–Kier alpha value is -2.31. The molecule has 1 amide bonds. The first-order chi connectivity index (χ1) is 9.24. The van der Waals surface area contributed by atoms with E-state index in [2.05, 4.69) is 20.5 Å². The molecule has 0 aliphatic heterocycles. The lowest BCUT2D eigenvalue weighted by molar-refractivity contribution is 0.0944. The number of carbonyl (C=O) groups is 1. The van der Waals surface area contributed by atoms with Crippen molar-refractivity contribution in [1.82, 2.24) is 25.1 Å². The Balaban J connectivity index is 1.60. The van der Waals surface area contributed by atoms with E-state index >= 15 is 0 Å². The van der Waals surface area contributed by atoms with Crippen LogP contribution in [0, 0.1) is 0 Å². The molecule has 100 valence electrons. The lowest BCUT2D eigenvalue weighted by Gasteiger charge is -2.07. The second-order valence-electron chi connectivity index (χ2n) is 4.74. The minimum absolute atomic E-state index is 0.0943. The van der Waals surface area contributed by atoms with Crippen LogP contribution >= 0.6 is 0 Å². The van der Waals surface area contributed by atoms with E-state index in [9.17, 15) is 4.79 Å². The normalized spacial score (nSPS) is 14.5. The molecule has 3 rings (SSSR count). The summed E-state index contributed by atoms with van der Waals surface area (Å²) in [6, 6.07) is 2.16. The van der Waals surface area contributed by atoms with Crippen LogP contribution in [0.2, 0.25) is 0 Å². The van der Waals surface area contributed by atoms with Gasteiger partial charge in [0.15, 0.2) is 0 Å². The topological polar surface area (TPSA) is 102 Å². The highest BCUT2D eigenvalue weighted by Gasteiger charge is 2.27. The molecule has 2 aromatic rings. The van der Waals surface area contributed by atoms with Gasteiger partial charge in [-0.1, -0.05) is 0 Å². The molecular formula is C12H16N6O. The van der Waals surface area contributed by atoms with E-state index in [4.69, 9.17) is 5.73 Å². The van der Waals surface area contributed by atoms with Gasteiger partial charge in [-0.25, -0.2) is 4.98 Å². The van der Waals surface area contributed by atoms with Crippen molar-refractivity contribution >= 4 is 11.6 Å². The highest BCUT2D eigenvalue weighted by molar-refractivity contribution is 5.93. The first kappa shape index (κ1) is 11.8. The summed E-state index contributed by atoms with van der Waals surface area (Å²) in [6.07, 6.45) is 6.16. The molecule has 0 saturated heterocycles. The van der Waals surface area contributed by atoms with Crippen molar-refractivity contribution in [2.75, 3.05) is 12.3 Å². The molecule has 2 aromatic heterocycles. The zero-order valence-electron chi connectivity index (χ0n) is 10.5. The highest BCUT2D eigenvalue weighted by atomic mass is 16.1. The number of anilines is 1. The van der Waals surface area contributed by atoms with Gasteiger partial charge in [0.25, 0.3) is 5.91 Å². The van der Waals surface area contributed by atoms with E-state index in [1.807, 2.05) is 10.8 Å². The molecule has 0 bridgehead atoms. The summed E-state index contributed by atoms with van der Waals surface area (Å²) < 4.78 is 1.97. The van der Waals surface area contributed by atoms with Crippen LogP contribution in [0.5, 0.6) is 0 Å². The van der Waals surface area contributed by atoms with Crippen molar-refractivity contribution in [3.05, 3.63) is 30.1 Å². The number of hydrogen-bond donors (Lipinski definition) is 3. The average Bonchev–Trinajstić information content (AvgIpc) is 2.96. The van der Waals surface area contributed by atoms with Crippen LogP contribution in [0.1, 0.15) is 35.2 Å². The van der Waals surface area contributed by atoms with Gasteiger partial charge in [0.1, 0.15) is 17.8 Å². The van der Waals surface area contributed by atoms with Crippen LogP contribution in [0.3, 0.4) is 0 Å². The van der Waals surface area contributed by atoms with Crippen LogP contribution in [-0.4, -0.2) is 32.2 Å². The fraction of sp³-hybridized carbons (Fsp3) is 0.417. The minimum Gasteiger partial charge on any atom is -0.397 e. The maximum atomic E-state index is 12.1. The highest BCUT2D eigenvalue weighted by Crippen LogP contribution is 2.37. The first-order valence-corrected chi connectivity index (χ1v) is 6.34. The number of nitrogens with two attached hydrogens (primary N) is 1. The van der Waals surface area contributed by atoms with E-state index in [0.29, 0.717) is 30.4 Å². The molecule has 0 spiro atoms. The molecule has 2 heterocycles. The summed E-state index contributed by atoms with van der Waals surface area (Å²) >= 11 is 0. The Morgan fingerprint density at radius 1 is 1.58 bits per heavy atom. The number of nitrogen functional groups attached to an aromatic ring is 1. The monoisotopic (exact) mass is 260 g/mol. The minimum atomic E-state index is -0.0943. The summed E-state index contributed by atoms with van der Waals surface area (Å²) in [5, 5.41) is 9.38. The molecule has 7 nitrogen and oxygen atoms in total. The van der Waals surface area contributed by atoms with Gasteiger partial charge >= 0.3 is 0 Å². The number of rotatable bonds is 5. The van der Waals surface area contributed by atoms with Crippen molar-refractivity contribution in [1.29, 1.82) is 0 Å². The standard InChI is InChI=1S/C12H16N6O/c13-8-5-10(18(6-8)9-1-2-9)12(19)14-4-3-11-15-7-16-17-11/h5-7,9H,1-4,13H2,(H,14,19)(H,15,16,17). The van der Waals surface area contributed by atoms with E-state index in [1.54, 1.807) is 6.07 Å². The number of H-pyrrole nitrogens is 1. The number of amides is 1. The van der Waals surface area contributed by atoms with Crippen molar-refractivity contribution in [3.8, 4) is 0 Å². The quantitative estimate of drug-likeness (QED) is 0.728. The largest absolute Gasteiger partial charge is 0.397 e. The predicted molar refractivity (Wildman–Crippen MR) is 69.5 cm³/mol. The maximum Gasteiger partial charge on any atom is 0.268 e. The van der Waals surface area contributed by atoms with Crippen LogP contribution < -0.4 is 11.1 Å². The number of hydrogen-bond acceptors (Lipinski definition) is 4. The summed E-state index contributed by atoms with van der Waals surface area (Å²) in [7, 11) is 0. The van der Waals surface area contributed by atoms with Gasteiger partial charge < -0.3 is 15.6 Å². The average molecular weight is 260 g/mol. The second-order valence-corrected chi connectivity index (χ2v) is 4.74. The number of nitrogens with one attached hydrogen (secondary N) is 2. The Morgan fingerprint density at radius 2 is 2.42 bits per heavy atom. The van der Waals surface area contributed by atoms with E-state index < -0.39 is 0 Å². The third-order valence-electron chi connectivity index (χ3n) is 3.15. The van der Waals surface area contributed by atoms with Gasteiger partial charge in [0, 0.05) is 25.2 Å². The summed E-state index contributed by atoms with van der Waals surface area (Å²) in [6.45, 7) is 0.518. The van der Waals surface area contributed by atoms with Crippen molar-refractivity contribution in [3.63, 3.8) is 0 Å². The molecule has 4 N–H and O–H groups in total. The lowest BCUT2D eigenvalue weighted by atomic mass is 10.3. The number of nitrogens with zero attached hydrogens (tertiary/aromatic N) is 3. The molecule has 1 fully saturated rings. The third-order valence-corrected chi connectivity index (χ3v) is 3.15. The fourth-order valence-corrected chi connectivity index (χ4v) is 2.07. The SMILES string of the molecule is Nc1cc(C(=O)NCCc2ncn[nH]2)n(C2CC2)c1. The molecule has 19 heavy (non-hydrogen) atoms. The Morgan fingerprint density at radius 3 is 3.11 bits per heavy atom. The van der Waals surface area contributed by atoms with Gasteiger partial charge in [-0.2, -0.15) is 5.10 Å². The van der Waals surface area contributed by atoms with Crippen molar-refractivity contribution in [2.24, 2.45) is 0 Å². The van der Waals surface area contributed by atoms with E-state index in [0.717, 1.165) is 18.7 Å². The number of aromatic nitrogens is 4. The van der Waals surface area contributed by atoms with Crippen LogP contribution in [0.15, 0.2) is 18.6 Å². The Kier molecular flexibility index (Phi) is 2.94. The zero-order chi connectivity index (χ0) is 13.2. The summed E-state index contributed by atoms with van der Waals surface area (Å²) in [4.78, 5) is 16.1. The van der Waals surface area contributed by atoms with Gasteiger partial charge in [-0.3, -0.25) is 9.89 Å². The van der Waals surface area contributed by atoms with Gasteiger partial charge in [0.05, 0.1) is 5.69 Å². The van der Waals surface area contributed by atoms with Crippen LogP contribution in [0.25, 0.3) is 0 Å². The fourth-order valence-electron chi connectivity index (χ4n) is 2.07. The predicted octanol–water partition coefficient (Wildman–Crippen LogP) is 0.496. The summed E-state index contributed by atoms with van der Waals surface area (Å²) in [5.74, 6) is 0.667. The molecular weight excluding hydrogens is 244 g/mol. The van der Waals surface area contributed by atoms with Crippen LogP contribution in [-0.2, 0) is 6.42 Å². The van der Waals surface area contributed by atoms with Crippen LogP contribution in [0.4, 0.5) is 5.69 Å². The molecule has 1 aliphatic rings. The molecule has 1 aliphatic carbocycles. The summed E-state index contributed by atoms with van der Waals surface area (Å²) in [5.41, 5.74) is 7.03. The van der Waals surface area contributed by atoms with Gasteiger partial charge in [0.2, 0.25) is 0 Å². The maximum absolute atomic E-state index is 12.1. The molecule has 1 saturated carbocycles. The lowest BCUT2D eigenvalue weighted by Crippen LogP contribution is -2.27. The molecule has 0 atom stereocenters. The Bertz CT molecular complexity index is 569. The first-order valence-electron chi connectivity index (χ1n) is 6.34. The Labute approximate surface area is 110 Å². The second kappa shape index (κ2) is 4.75. The third kappa shape index (κ3) is 2.59. The van der Waals surface area contributed by atoms with E-state index in [1.165, 1.54) is 6.33 Å². The zero-order valence-corrected chi connectivity index (χ0v) is 10.5. The molecule has 0 aromatic carbocycles. The van der Waals surface area contributed by atoms with Gasteiger partial charge in [-0.15, -0.1) is 0 Å². The van der Waals surface area contributed by atoms with Crippen molar-refractivity contribution in [2.45, 2.75) is 25.3 Å². The molecule has 7 heteroatoms. The molecule has 0 radical (unpaired) electrons. The number of carbonyl (C=O) groups excluding carboxylic acids is 1. The molecule has 0 unspecified atom stereocenters. The van der Waals surface area contributed by atoms with Crippen molar-refractivity contribution < 1.29 is 4.79 Å². The van der Waals surface area contributed by atoms with E-state index in [-0.39, 0.29) is 5.91 Å². The smallest absolute Gasteiger partial charge is 0.268 e.